The van der Waals surface area contributed by atoms with E-state index >= 15 is 4.39 Å². The summed E-state index contributed by atoms with van der Waals surface area (Å²) in [5.74, 6) is 0.497. The number of fused-ring (bicyclic) bond motifs is 1. The predicted molar refractivity (Wildman–Crippen MR) is 144 cm³/mol. The molecule has 0 bridgehead atoms. The molecule has 1 heterocycles. The molecule has 1 aromatic heterocycles. The lowest BCUT2D eigenvalue weighted by molar-refractivity contribution is 0.355. The maximum absolute atomic E-state index is 15.0. The zero-order chi connectivity index (χ0) is 26.7. The highest BCUT2D eigenvalue weighted by molar-refractivity contribution is 7.92. The maximum atomic E-state index is 15.0. The van der Waals surface area contributed by atoms with Crippen molar-refractivity contribution in [3.05, 3.63) is 103 Å². The number of methoxy groups -OCH3 is 2. The molecule has 5 rings (SSSR count). The van der Waals surface area contributed by atoms with Crippen LogP contribution >= 0.6 is 0 Å². The van der Waals surface area contributed by atoms with Crippen LogP contribution in [0.4, 0.5) is 10.1 Å². The van der Waals surface area contributed by atoms with Crippen LogP contribution in [0.5, 0.6) is 23.0 Å². The molecule has 0 spiro atoms. The smallest absolute Gasteiger partial charge is 0.261 e. The number of hydrogen-bond acceptors (Lipinski definition) is 6. The van der Waals surface area contributed by atoms with E-state index < -0.39 is 15.8 Å². The highest BCUT2D eigenvalue weighted by Gasteiger charge is 2.17. The molecule has 1 N–H and O–H groups in total. The first-order valence-electron chi connectivity index (χ1n) is 11.5. The molecule has 0 radical (unpaired) electrons. The van der Waals surface area contributed by atoms with Crippen LogP contribution in [0.3, 0.4) is 0 Å². The summed E-state index contributed by atoms with van der Waals surface area (Å²) >= 11 is 0. The van der Waals surface area contributed by atoms with Crippen molar-refractivity contribution in [1.29, 1.82) is 0 Å². The topological polar surface area (TPSA) is 86.8 Å². The summed E-state index contributed by atoms with van der Waals surface area (Å²) in [7, 11) is -0.932. The minimum atomic E-state index is -3.97. The maximum Gasteiger partial charge on any atom is 0.261 e. The van der Waals surface area contributed by atoms with Gasteiger partial charge in [-0.3, -0.25) is 9.71 Å². The van der Waals surface area contributed by atoms with Crippen LogP contribution in [0.25, 0.3) is 22.0 Å². The van der Waals surface area contributed by atoms with Gasteiger partial charge in [0.1, 0.15) is 5.75 Å². The minimum absolute atomic E-state index is 0.0611. The molecular weight excluding hydrogens is 507 g/mol. The van der Waals surface area contributed by atoms with Crippen molar-refractivity contribution in [2.75, 3.05) is 18.9 Å². The van der Waals surface area contributed by atoms with Gasteiger partial charge in [0.05, 0.1) is 30.3 Å². The van der Waals surface area contributed by atoms with Gasteiger partial charge in [-0.2, -0.15) is 0 Å². The van der Waals surface area contributed by atoms with E-state index in [2.05, 4.69) is 9.71 Å². The molecule has 0 saturated carbocycles. The van der Waals surface area contributed by atoms with Crippen LogP contribution in [0.2, 0.25) is 0 Å². The van der Waals surface area contributed by atoms with E-state index in [4.69, 9.17) is 14.2 Å². The fraction of sp³-hybridized carbons (Fsp3) is 0.0690. The summed E-state index contributed by atoms with van der Waals surface area (Å²) in [6.45, 7) is 0. The predicted octanol–water partition coefficient (Wildman–Crippen LogP) is 6.65. The number of rotatable bonds is 8. The van der Waals surface area contributed by atoms with Crippen LogP contribution < -0.4 is 18.9 Å². The average Bonchev–Trinajstić information content (AvgIpc) is 2.94. The monoisotopic (exact) mass is 530 g/mol. The Balaban J connectivity index is 1.40. The number of sulfonamides is 1. The molecule has 0 unspecified atom stereocenters. The molecule has 0 aliphatic carbocycles. The first-order valence-corrected chi connectivity index (χ1v) is 13.0. The number of benzene rings is 4. The van der Waals surface area contributed by atoms with Gasteiger partial charge in [-0.25, -0.2) is 12.8 Å². The number of anilines is 1. The van der Waals surface area contributed by atoms with Gasteiger partial charge in [0.15, 0.2) is 23.1 Å². The molecule has 0 fully saturated rings. The van der Waals surface area contributed by atoms with Gasteiger partial charge in [-0.1, -0.05) is 42.5 Å². The summed E-state index contributed by atoms with van der Waals surface area (Å²) in [6.07, 6.45) is 1.54. The lowest BCUT2D eigenvalue weighted by atomic mass is 10.1. The largest absolute Gasteiger partial charge is 0.493 e. The quantitative estimate of drug-likeness (QED) is 0.242. The Labute approximate surface area is 219 Å². The van der Waals surface area contributed by atoms with Crippen molar-refractivity contribution in [3.63, 3.8) is 0 Å². The second-order valence-electron chi connectivity index (χ2n) is 8.28. The van der Waals surface area contributed by atoms with E-state index in [1.807, 2.05) is 36.4 Å². The highest BCUT2D eigenvalue weighted by atomic mass is 32.2. The molecule has 0 amide bonds. The SMILES string of the molecule is COc1cc2nccc(Oc3ccc(NS(=O)(=O)c4cccc(-c5ccccc5)c4)cc3F)c2cc1OC. The van der Waals surface area contributed by atoms with Crippen molar-refractivity contribution in [3.8, 4) is 34.1 Å². The Morgan fingerprint density at radius 1 is 0.737 bits per heavy atom. The highest BCUT2D eigenvalue weighted by Crippen LogP contribution is 2.37. The first-order chi connectivity index (χ1) is 18.4. The van der Waals surface area contributed by atoms with Gasteiger partial charge < -0.3 is 14.2 Å². The number of ether oxygens (including phenoxy) is 3. The van der Waals surface area contributed by atoms with Crippen LogP contribution in [0.1, 0.15) is 0 Å². The standard InChI is InChI=1S/C29H23FN2O5S/c1-35-28-17-23-25(18-29(28)36-2)31-14-13-26(23)37-27-12-11-21(16-24(27)30)32-38(33,34)22-10-6-9-20(15-22)19-7-4-3-5-8-19/h3-18,32H,1-2H3. The number of hydrogen-bond donors (Lipinski definition) is 1. The average molecular weight is 531 g/mol. The number of aromatic nitrogens is 1. The summed E-state index contributed by atoms with van der Waals surface area (Å²) in [6, 6.07) is 24.8. The lowest BCUT2D eigenvalue weighted by Crippen LogP contribution is -2.13. The van der Waals surface area contributed by atoms with Gasteiger partial charge in [-0.05, 0) is 47.5 Å². The third-order valence-electron chi connectivity index (χ3n) is 5.86. The molecule has 0 aliphatic heterocycles. The van der Waals surface area contributed by atoms with Gasteiger partial charge in [0, 0.05) is 23.7 Å². The first kappa shape index (κ1) is 25.0. The van der Waals surface area contributed by atoms with E-state index in [0.717, 1.165) is 17.2 Å². The van der Waals surface area contributed by atoms with Gasteiger partial charge in [0.25, 0.3) is 10.0 Å². The van der Waals surface area contributed by atoms with E-state index in [0.29, 0.717) is 28.2 Å². The van der Waals surface area contributed by atoms with E-state index in [-0.39, 0.29) is 16.3 Å². The molecule has 9 heteroatoms. The Morgan fingerprint density at radius 2 is 1.47 bits per heavy atom. The Kier molecular flexibility index (Phi) is 6.85. The van der Waals surface area contributed by atoms with Gasteiger partial charge in [0.2, 0.25) is 0 Å². The van der Waals surface area contributed by atoms with E-state index in [1.165, 1.54) is 38.6 Å². The third kappa shape index (κ3) is 5.09. The summed E-state index contributed by atoms with van der Waals surface area (Å²) < 4.78 is 60.1. The number of pyridine rings is 1. The van der Waals surface area contributed by atoms with Crippen LogP contribution in [-0.2, 0) is 10.0 Å². The second-order valence-corrected chi connectivity index (χ2v) is 9.96. The summed E-state index contributed by atoms with van der Waals surface area (Å²) in [5.41, 5.74) is 2.27. The molecular formula is C29H23FN2O5S. The van der Waals surface area contributed by atoms with Crippen LogP contribution in [0, 0.1) is 5.82 Å². The van der Waals surface area contributed by atoms with Gasteiger partial charge >= 0.3 is 0 Å². The second kappa shape index (κ2) is 10.4. The fourth-order valence-electron chi connectivity index (χ4n) is 3.99. The molecule has 0 saturated heterocycles. The van der Waals surface area contributed by atoms with Crippen molar-refractivity contribution in [1.82, 2.24) is 4.98 Å². The van der Waals surface area contributed by atoms with Gasteiger partial charge in [-0.15, -0.1) is 0 Å². The zero-order valence-corrected chi connectivity index (χ0v) is 21.3. The molecule has 38 heavy (non-hydrogen) atoms. The molecule has 192 valence electrons. The molecule has 4 aromatic carbocycles. The lowest BCUT2D eigenvalue weighted by Gasteiger charge is -2.14. The summed E-state index contributed by atoms with van der Waals surface area (Å²) in [4.78, 5) is 4.37. The van der Waals surface area contributed by atoms with Crippen molar-refractivity contribution < 1.29 is 27.0 Å². The molecule has 5 aromatic rings. The Morgan fingerprint density at radius 3 is 2.21 bits per heavy atom. The normalized spacial score (nSPS) is 11.2. The zero-order valence-electron chi connectivity index (χ0n) is 20.5. The van der Waals surface area contributed by atoms with Crippen LogP contribution in [-0.4, -0.2) is 27.6 Å². The fourth-order valence-corrected chi connectivity index (χ4v) is 5.08. The molecule has 0 aliphatic rings. The number of nitrogens with one attached hydrogen (secondary N) is 1. The van der Waals surface area contributed by atoms with Crippen molar-refractivity contribution in [2.45, 2.75) is 4.90 Å². The van der Waals surface area contributed by atoms with E-state index in [1.54, 1.807) is 30.3 Å². The summed E-state index contributed by atoms with van der Waals surface area (Å²) in [5, 5.41) is 0.590. The molecule has 0 atom stereocenters. The van der Waals surface area contributed by atoms with Crippen molar-refractivity contribution in [2.24, 2.45) is 0 Å². The van der Waals surface area contributed by atoms with Crippen molar-refractivity contribution >= 4 is 26.6 Å². The number of nitrogens with zero attached hydrogens (tertiary/aromatic N) is 1. The third-order valence-corrected chi connectivity index (χ3v) is 7.24. The van der Waals surface area contributed by atoms with Crippen LogP contribution in [0.15, 0.2) is 102 Å². The Hall–Kier alpha value is -4.63. The molecule has 7 nitrogen and oxygen atoms in total. The minimum Gasteiger partial charge on any atom is -0.493 e. The van der Waals surface area contributed by atoms with E-state index in [9.17, 15) is 8.42 Å². The number of halogens is 1. The Bertz CT molecular complexity index is 1730.